The van der Waals surface area contributed by atoms with Gasteiger partial charge < -0.3 is 9.47 Å². The number of hydrogen-bond acceptors (Lipinski definition) is 3. The van der Waals surface area contributed by atoms with Crippen LogP contribution in [0.5, 0.6) is 0 Å². The molecule has 1 heterocycles. The first kappa shape index (κ1) is 17.8. The molecule has 0 fully saturated rings. The van der Waals surface area contributed by atoms with Gasteiger partial charge in [-0.2, -0.15) is 0 Å². The molecule has 1 aliphatic heterocycles. The maximum atomic E-state index is 11.5. The number of carbonyl (C=O) groups is 1. The lowest BCUT2D eigenvalue weighted by Crippen LogP contribution is -2.25. The third-order valence-corrected chi connectivity index (χ3v) is 4.21. The van der Waals surface area contributed by atoms with Crippen LogP contribution >= 0.6 is 0 Å². The van der Waals surface area contributed by atoms with Crippen molar-refractivity contribution in [2.24, 2.45) is 5.92 Å². The van der Waals surface area contributed by atoms with Gasteiger partial charge in [0, 0.05) is 0 Å². The van der Waals surface area contributed by atoms with Crippen molar-refractivity contribution in [3.05, 3.63) is 23.5 Å². The minimum atomic E-state index is -0.355. The highest BCUT2D eigenvalue weighted by molar-refractivity contribution is 5.83. The molecule has 0 radical (unpaired) electrons. The molecule has 2 atom stereocenters. The van der Waals surface area contributed by atoms with E-state index in [-0.39, 0.29) is 11.6 Å². The van der Waals surface area contributed by atoms with Crippen molar-refractivity contribution in [3.63, 3.8) is 0 Å². The Balaban J connectivity index is 2.81. The topological polar surface area (TPSA) is 35.5 Å². The van der Waals surface area contributed by atoms with E-state index < -0.39 is 0 Å². The van der Waals surface area contributed by atoms with Crippen LogP contribution in [0.2, 0.25) is 0 Å². The predicted octanol–water partition coefficient (Wildman–Crippen LogP) is 4.78. The summed E-state index contributed by atoms with van der Waals surface area (Å²) in [6.07, 6.45) is 10.4. The first-order chi connectivity index (χ1) is 9.97. The second-order valence-electron chi connectivity index (χ2n) is 6.09. The lowest BCUT2D eigenvalue weighted by molar-refractivity contribution is -0.135. The summed E-state index contributed by atoms with van der Waals surface area (Å²) >= 11 is 0. The van der Waals surface area contributed by atoms with Crippen LogP contribution < -0.4 is 0 Å². The van der Waals surface area contributed by atoms with E-state index >= 15 is 0 Å². The van der Waals surface area contributed by atoms with Crippen LogP contribution in [-0.2, 0) is 14.3 Å². The monoisotopic (exact) mass is 294 g/mol. The van der Waals surface area contributed by atoms with Crippen molar-refractivity contribution in [3.8, 4) is 0 Å². The molecule has 0 spiro atoms. The number of esters is 1. The normalized spacial score (nSPS) is 24.6. The Morgan fingerprint density at radius 1 is 1.43 bits per heavy atom. The van der Waals surface area contributed by atoms with Gasteiger partial charge in [0.15, 0.2) is 0 Å². The van der Waals surface area contributed by atoms with E-state index in [9.17, 15) is 4.79 Å². The molecule has 1 aliphatic rings. The van der Waals surface area contributed by atoms with E-state index in [0.717, 1.165) is 18.4 Å². The second kappa shape index (κ2) is 8.26. The molecular weight excluding hydrogens is 264 g/mol. The van der Waals surface area contributed by atoms with Gasteiger partial charge in [0.05, 0.1) is 13.2 Å². The van der Waals surface area contributed by atoms with Crippen molar-refractivity contribution in [1.29, 1.82) is 0 Å². The molecule has 0 aliphatic carbocycles. The number of unbranched alkanes of at least 4 members (excludes halogenated alkanes) is 1. The molecule has 120 valence electrons. The average molecular weight is 294 g/mol. The van der Waals surface area contributed by atoms with Gasteiger partial charge in [0.1, 0.15) is 11.4 Å². The fourth-order valence-corrected chi connectivity index (χ4v) is 2.97. The van der Waals surface area contributed by atoms with E-state index in [0.29, 0.717) is 11.7 Å². The maximum absolute atomic E-state index is 11.5. The summed E-state index contributed by atoms with van der Waals surface area (Å²) in [5.41, 5.74) is 0.813. The Bertz CT molecular complexity index is 409. The molecule has 0 aromatic heterocycles. The molecule has 0 saturated carbocycles. The first-order valence-corrected chi connectivity index (χ1v) is 8.18. The Labute approximate surface area is 129 Å². The number of methoxy groups -OCH3 is 1. The van der Waals surface area contributed by atoms with Crippen LogP contribution in [0.4, 0.5) is 0 Å². The lowest BCUT2D eigenvalue weighted by atomic mass is 9.86. The molecule has 3 heteroatoms. The molecule has 0 aromatic rings. The summed E-state index contributed by atoms with van der Waals surface area (Å²) in [5, 5.41) is 0. The Kier molecular flexibility index (Phi) is 7.00. The Hall–Kier alpha value is -1.25. The van der Waals surface area contributed by atoms with Gasteiger partial charge in [0.2, 0.25) is 0 Å². The van der Waals surface area contributed by atoms with Crippen molar-refractivity contribution in [2.45, 2.75) is 71.8 Å². The summed E-state index contributed by atoms with van der Waals surface area (Å²) in [5.74, 6) is 0.991. The second-order valence-corrected chi connectivity index (χ2v) is 6.09. The van der Waals surface area contributed by atoms with Crippen LogP contribution in [0.15, 0.2) is 23.5 Å². The maximum Gasteiger partial charge on any atom is 0.334 e. The molecule has 21 heavy (non-hydrogen) atoms. The summed E-state index contributed by atoms with van der Waals surface area (Å²) in [6.45, 7) is 8.68. The van der Waals surface area contributed by atoms with Gasteiger partial charge in [-0.25, -0.2) is 4.79 Å². The van der Waals surface area contributed by atoms with E-state index in [4.69, 9.17) is 9.47 Å². The molecule has 0 N–H and O–H groups in total. The summed E-state index contributed by atoms with van der Waals surface area (Å²) in [4.78, 5) is 11.5. The standard InChI is InChI=1S/C18H30O3/c1-6-9-10-14(7-2)12-18(4)13-15(8-3)16(21-18)11-17(19)20-5/h11,13-14H,6-10,12H2,1-5H3. The van der Waals surface area contributed by atoms with Gasteiger partial charge in [0.25, 0.3) is 0 Å². The average Bonchev–Trinajstić information content (AvgIpc) is 2.79. The summed E-state index contributed by atoms with van der Waals surface area (Å²) < 4.78 is 10.8. The predicted molar refractivity (Wildman–Crippen MR) is 85.9 cm³/mol. The van der Waals surface area contributed by atoms with Crippen LogP contribution in [0.3, 0.4) is 0 Å². The van der Waals surface area contributed by atoms with E-state index in [1.807, 2.05) is 0 Å². The number of carbonyl (C=O) groups excluding carboxylic acids is 1. The van der Waals surface area contributed by atoms with Gasteiger partial charge in [-0.3, -0.25) is 0 Å². The van der Waals surface area contributed by atoms with Crippen LogP contribution in [0.25, 0.3) is 0 Å². The Morgan fingerprint density at radius 3 is 2.67 bits per heavy atom. The zero-order valence-electron chi connectivity index (χ0n) is 14.2. The largest absolute Gasteiger partial charge is 0.483 e. The van der Waals surface area contributed by atoms with Crippen molar-refractivity contribution < 1.29 is 14.3 Å². The third-order valence-electron chi connectivity index (χ3n) is 4.21. The van der Waals surface area contributed by atoms with Crippen LogP contribution in [0.1, 0.15) is 66.2 Å². The molecule has 2 unspecified atom stereocenters. The Morgan fingerprint density at radius 2 is 2.14 bits per heavy atom. The van der Waals surface area contributed by atoms with Gasteiger partial charge in [-0.1, -0.05) is 46.5 Å². The quantitative estimate of drug-likeness (QED) is 0.477. The summed E-state index contributed by atoms with van der Waals surface area (Å²) in [7, 11) is 1.39. The van der Waals surface area contributed by atoms with Gasteiger partial charge >= 0.3 is 5.97 Å². The number of ether oxygens (including phenoxy) is 2. The fraction of sp³-hybridized carbons (Fsp3) is 0.722. The molecule has 0 aromatic carbocycles. The molecule has 3 nitrogen and oxygen atoms in total. The number of rotatable bonds is 8. The van der Waals surface area contributed by atoms with Crippen molar-refractivity contribution in [2.75, 3.05) is 7.11 Å². The van der Waals surface area contributed by atoms with E-state index in [1.54, 1.807) is 0 Å². The minimum Gasteiger partial charge on any atom is -0.483 e. The zero-order chi connectivity index (χ0) is 15.9. The molecule has 0 bridgehead atoms. The van der Waals surface area contributed by atoms with Crippen LogP contribution in [0, 0.1) is 5.92 Å². The third kappa shape index (κ3) is 5.22. The lowest BCUT2D eigenvalue weighted by Gasteiger charge is -2.28. The van der Waals surface area contributed by atoms with Crippen molar-refractivity contribution >= 4 is 5.97 Å². The van der Waals surface area contributed by atoms with Gasteiger partial charge in [-0.05, 0) is 37.3 Å². The highest BCUT2D eigenvalue weighted by atomic mass is 16.5. The first-order valence-electron chi connectivity index (χ1n) is 8.18. The SMILES string of the molecule is CCCCC(CC)CC1(C)C=C(CC)C(=CC(=O)OC)O1. The fourth-order valence-electron chi connectivity index (χ4n) is 2.97. The van der Waals surface area contributed by atoms with Crippen molar-refractivity contribution in [1.82, 2.24) is 0 Å². The summed E-state index contributed by atoms with van der Waals surface area (Å²) in [6, 6.07) is 0. The smallest absolute Gasteiger partial charge is 0.334 e. The highest BCUT2D eigenvalue weighted by Crippen LogP contribution is 2.39. The van der Waals surface area contributed by atoms with E-state index in [2.05, 4.69) is 33.8 Å². The van der Waals surface area contributed by atoms with Crippen LogP contribution in [-0.4, -0.2) is 18.7 Å². The number of allylic oxidation sites excluding steroid dienone is 1. The molecule has 0 saturated heterocycles. The van der Waals surface area contributed by atoms with E-state index in [1.165, 1.54) is 38.9 Å². The zero-order valence-corrected chi connectivity index (χ0v) is 14.2. The highest BCUT2D eigenvalue weighted by Gasteiger charge is 2.34. The molecule has 0 amide bonds. The van der Waals surface area contributed by atoms with Gasteiger partial charge in [-0.15, -0.1) is 0 Å². The molecule has 1 rings (SSSR count). The number of hydrogen-bond donors (Lipinski definition) is 0. The minimum absolute atomic E-state index is 0.292. The molecular formula is C18H30O3.